The van der Waals surface area contributed by atoms with Crippen LogP contribution in [0.1, 0.15) is 25.7 Å². The minimum absolute atomic E-state index is 0.251. The van der Waals surface area contributed by atoms with Crippen molar-refractivity contribution in [2.45, 2.75) is 19.8 Å². The Morgan fingerprint density at radius 3 is 2.92 bits per heavy atom. The molecule has 0 amide bonds. The lowest BCUT2D eigenvalue weighted by atomic mass is 10.2. The van der Waals surface area contributed by atoms with Gasteiger partial charge in [0.15, 0.2) is 0 Å². The molecule has 0 spiro atoms. The van der Waals surface area contributed by atoms with Crippen LogP contribution in [-0.2, 0) is 0 Å². The van der Waals surface area contributed by atoms with Gasteiger partial charge < -0.3 is 4.42 Å². The van der Waals surface area contributed by atoms with Crippen molar-refractivity contribution in [2.75, 3.05) is 0 Å². The van der Waals surface area contributed by atoms with E-state index in [0.29, 0.717) is 17.3 Å². The van der Waals surface area contributed by atoms with Crippen LogP contribution in [-0.4, -0.2) is 20.2 Å². The van der Waals surface area contributed by atoms with Gasteiger partial charge in [-0.05, 0) is 0 Å². The fraction of sp³-hybridized carbons (Fsp3) is 0.429. The van der Waals surface area contributed by atoms with Gasteiger partial charge in [0.1, 0.15) is 6.33 Å². The van der Waals surface area contributed by atoms with Crippen molar-refractivity contribution in [3.05, 3.63) is 12.2 Å². The Morgan fingerprint density at radius 1 is 1.42 bits per heavy atom. The summed E-state index contributed by atoms with van der Waals surface area (Å²) in [6, 6.07) is 0. The normalized spacial score (nSPS) is 11.2. The van der Waals surface area contributed by atoms with Gasteiger partial charge >= 0.3 is 0 Å². The van der Waals surface area contributed by atoms with E-state index in [1.807, 2.05) is 13.8 Å². The molecule has 0 radical (unpaired) electrons. The quantitative estimate of drug-likeness (QED) is 0.632. The summed E-state index contributed by atoms with van der Waals surface area (Å²) in [5.41, 5.74) is 0.926. The van der Waals surface area contributed by atoms with Gasteiger partial charge in [0.05, 0.1) is 0 Å². The topological polar surface area (TPSA) is 64.7 Å². The number of hydrogen-bond donors (Lipinski definition) is 0. The molecule has 2 rings (SSSR count). The molecule has 0 aliphatic heterocycles. The van der Waals surface area contributed by atoms with Gasteiger partial charge in [-0.3, -0.25) is 0 Å². The van der Waals surface area contributed by atoms with E-state index in [-0.39, 0.29) is 5.92 Å². The first-order valence-electron chi connectivity index (χ1n) is 3.71. The Kier molecular flexibility index (Phi) is 1.49. The Bertz CT molecular complexity index is 362. The van der Waals surface area contributed by atoms with Gasteiger partial charge in [-0.2, -0.15) is 9.97 Å². The molecule has 12 heavy (non-hydrogen) atoms. The molecule has 2 heterocycles. The molecule has 0 aromatic carbocycles. The van der Waals surface area contributed by atoms with Crippen molar-refractivity contribution < 1.29 is 4.42 Å². The zero-order chi connectivity index (χ0) is 8.55. The minimum atomic E-state index is 0.251. The molecule has 2 aromatic heterocycles. The molecular formula is C7H8N4O. The van der Waals surface area contributed by atoms with E-state index in [1.54, 1.807) is 0 Å². The zero-order valence-electron chi connectivity index (χ0n) is 6.85. The molecule has 0 unspecified atom stereocenters. The lowest BCUT2D eigenvalue weighted by Crippen LogP contribution is -1.86. The van der Waals surface area contributed by atoms with E-state index in [2.05, 4.69) is 20.2 Å². The number of hydrogen-bond acceptors (Lipinski definition) is 5. The van der Waals surface area contributed by atoms with Gasteiger partial charge in [0.2, 0.25) is 11.5 Å². The number of rotatable bonds is 1. The van der Waals surface area contributed by atoms with Crippen molar-refractivity contribution in [1.82, 2.24) is 20.2 Å². The average Bonchev–Trinajstić information content (AvgIpc) is 2.46. The van der Waals surface area contributed by atoms with E-state index < -0.39 is 0 Å². The summed E-state index contributed by atoms with van der Waals surface area (Å²) in [5.74, 6) is 0.902. The average molecular weight is 164 g/mol. The first-order valence-corrected chi connectivity index (χ1v) is 3.71. The highest BCUT2D eigenvalue weighted by Crippen LogP contribution is 2.16. The third kappa shape index (κ3) is 1.03. The Balaban J connectivity index is 2.62. The second-order valence-electron chi connectivity index (χ2n) is 2.80. The molecular weight excluding hydrogens is 156 g/mol. The van der Waals surface area contributed by atoms with Gasteiger partial charge in [0, 0.05) is 5.92 Å². The SMILES string of the molecule is CC(C)c1nc2nncnc2o1. The zero-order valence-corrected chi connectivity index (χ0v) is 6.85. The van der Waals surface area contributed by atoms with Crippen LogP contribution in [0.2, 0.25) is 0 Å². The molecule has 0 fully saturated rings. The van der Waals surface area contributed by atoms with Gasteiger partial charge in [0.25, 0.3) is 5.71 Å². The second-order valence-corrected chi connectivity index (χ2v) is 2.80. The summed E-state index contributed by atoms with van der Waals surface area (Å²) < 4.78 is 5.30. The van der Waals surface area contributed by atoms with E-state index in [9.17, 15) is 0 Å². The van der Waals surface area contributed by atoms with Crippen LogP contribution >= 0.6 is 0 Å². The van der Waals surface area contributed by atoms with Crippen LogP contribution < -0.4 is 0 Å². The highest BCUT2D eigenvalue weighted by molar-refractivity contribution is 5.60. The summed E-state index contributed by atoms with van der Waals surface area (Å²) >= 11 is 0. The third-order valence-corrected chi connectivity index (χ3v) is 1.48. The number of nitrogens with zero attached hydrogens (tertiary/aromatic N) is 4. The maximum Gasteiger partial charge on any atom is 0.269 e. The molecule has 0 aliphatic carbocycles. The van der Waals surface area contributed by atoms with Crippen LogP contribution in [0.3, 0.4) is 0 Å². The molecule has 0 bridgehead atoms. The molecule has 0 N–H and O–H groups in total. The van der Waals surface area contributed by atoms with E-state index >= 15 is 0 Å². The number of aromatic nitrogens is 4. The smallest absolute Gasteiger partial charge is 0.269 e. The van der Waals surface area contributed by atoms with Crippen molar-refractivity contribution in [1.29, 1.82) is 0 Å². The highest BCUT2D eigenvalue weighted by atomic mass is 16.4. The van der Waals surface area contributed by atoms with Crippen molar-refractivity contribution in [3.8, 4) is 0 Å². The summed E-state index contributed by atoms with van der Waals surface area (Å²) in [4.78, 5) is 7.99. The maximum absolute atomic E-state index is 5.30. The second kappa shape index (κ2) is 2.51. The monoisotopic (exact) mass is 164 g/mol. The molecule has 0 aliphatic rings. The highest BCUT2D eigenvalue weighted by Gasteiger charge is 2.10. The van der Waals surface area contributed by atoms with Crippen LogP contribution in [0.15, 0.2) is 10.7 Å². The van der Waals surface area contributed by atoms with E-state index in [4.69, 9.17) is 4.42 Å². The third-order valence-electron chi connectivity index (χ3n) is 1.48. The molecule has 2 aromatic rings. The lowest BCUT2D eigenvalue weighted by molar-refractivity contribution is 0.494. The van der Waals surface area contributed by atoms with Crippen LogP contribution in [0.4, 0.5) is 0 Å². The molecule has 5 heteroatoms. The fourth-order valence-corrected chi connectivity index (χ4v) is 0.875. The molecule has 0 saturated heterocycles. The van der Waals surface area contributed by atoms with Gasteiger partial charge in [-0.15, -0.1) is 10.2 Å². The maximum atomic E-state index is 5.30. The first-order chi connectivity index (χ1) is 5.77. The van der Waals surface area contributed by atoms with Gasteiger partial charge in [-0.25, -0.2) is 0 Å². The van der Waals surface area contributed by atoms with E-state index in [0.717, 1.165) is 0 Å². The van der Waals surface area contributed by atoms with Crippen LogP contribution in [0.25, 0.3) is 11.4 Å². The summed E-state index contributed by atoms with van der Waals surface area (Å²) in [6.45, 7) is 4.00. The summed E-state index contributed by atoms with van der Waals surface area (Å²) in [6.07, 6.45) is 1.34. The van der Waals surface area contributed by atoms with Crippen LogP contribution in [0.5, 0.6) is 0 Å². The lowest BCUT2D eigenvalue weighted by Gasteiger charge is -1.92. The van der Waals surface area contributed by atoms with Crippen LogP contribution in [0, 0.1) is 0 Å². The molecule has 5 nitrogen and oxygen atoms in total. The number of fused-ring (bicyclic) bond motifs is 1. The standard InChI is InChI=1S/C7H8N4O/c1-4(2)6-10-5-7(12-6)8-3-9-11-5/h3-4H,1-2H3. The van der Waals surface area contributed by atoms with Crippen molar-refractivity contribution in [3.63, 3.8) is 0 Å². The van der Waals surface area contributed by atoms with Crippen molar-refractivity contribution >= 4 is 11.4 Å². The Morgan fingerprint density at radius 2 is 2.25 bits per heavy atom. The number of oxazole rings is 1. The van der Waals surface area contributed by atoms with Gasteiger partial charge in [-0.1, -0.05) is 13.8 Å². The first kappa shape index (κ1) is 7.15. The van der Waals surface area contributed by atoms with Crippen molar-refractivity contribution in [2.24, 2.45) is 0 Å². The minimum Gasteiger partial charge on any atom is -0.420 e. The Hall–Kier alpha value is -1.52. The predicted octanol–water partition coefficient (Wildman–Crippen LogP) is 1.14. The Labute approximate surface area is 68.8 Å². The molecule has 62 valence electrons. The summed E-state index contributed by atoms with van der Waals surface area (Å²) in [5, 5.41) is 7.37. The predicted molar refractivity (Wildman–Crippen MR) is 41.5 cm³/mol. The summed E-state index contributed by atoms with van der Waals surface area (Å²) in [7, 11) is 0. The molecule has 0 saturated carbocycles. The molecule has 0 atom stereocenters. The fourth-order valence-electron chi connectivity index (χ4n) is 0.875. The largest absolute Gasteiger partial charge is 0.420 e. The van der Waals surface area contributed by atoms with E-state index in [1.165, 1.54) is 6.33 Å².